The molecule has 1 aliphatic heterocycles. The standard InChI is InChI=1S/C36H40ClN7O2/c1-6-29(45)20-26-11-10-25(23(2)3)21-32(26)40-34-30(35(46)41-33-24(4)8-7-9-31(33)37)22-38-36(42-34)39-27-12-14-28(15-13-27)44-18-16-43(5)17-19-44/h6-15,21-23H,1,16-20H2,2-5H3,(H,41,46)(H2,38,39,40,42). The first-order valence-corrected chi connectivity index (χ1v) is 15.8. The summed E-state index contributed by atoms with van der Waals surface area (Å²) in [4.78, 5) is 40.0. The molecule has 5 rings (SSSR count). The average molecular weight is 638 g/mol. The van der Waals surface area contributed by atoms with Gasteiger partial charge in [-0.2, -0.15) is 4.98 Å². The van der Waals surface area contributed by atoms with Crippen LogP contribution in [0.25, 0.3) is 0 Å². The number of amides is 1. The lowest BCUT2D eigenvalue weighted by Gasteiger charge is -2.34. The van der Waals surface area contributed by atoms with E-state index in [4.69, 9.17) is 16.6 Å². The number of carbonyl (C=O) groups is 2. The molecule has 1 aromatic heterocycles. The molecular formula is C36H40ClN7O2. The van der Waals surface area contributed by atoms with E-state index in [9.17, 15) is 9.59 Å². The van der Waals surface area contributed by atoms with Crippen LogP contribution in [-0.4, -0.2) is 59.8 Å². The number of nitrogens with zero attached hydrogens (tertiary/aromatic N) is 4. The Hall–Kier alpha value is -4.73. The predicted molar refractivity (Wildman–Crippen MR) is 188 cm³/mol. The third kappa shape index (κ3) is 7.91. The number of rotatable bonds is 11. The first kappa shape index (κ1) is 32.7. The minimum atomic E-state index is -0.425. The molecule has 46 heavy (non-hydrogen) atoms. The van der Waals surface area contributed by atoms with E-state index in [0.29, 0.717) is 22.3 Å². The highest BCUT2D eigenvalue weighted by Crippen LogP contribution is 2.31. The van der Waals surface area contributed by atoms with E-state index in [-0.39, 0.29) is 29.5 Å². The van der Waals surface area contributed by atoms with Crippen LogP contribution in [0.1, 0.15) is 46.8 Å². The van der Waals surface area contributed by atoms with Crippen molar-refractivity contribution in [2.75, 3.05) is 54.1 Å². The molecule has 1 fully saturated rings. The number of ketones is 1. The fourth-order valence-corrected chi connectivity index (χ4v) is 5.50. The number of hydrogen-bond acceptors (Lipinski definition) is 8. The van der Waals surface area contributed by atoms with Gasteiger partial charge in [-0.05, 0) is 79.1 Å². The molecular weight excluding hydrogens is 598 g/mol. The summed E-state index contributed by atoms with van der Waals surface area (Å²) in [7, 11) is 2.14. The molecule has 2 heterocycles. The molecule has 0 radical (unpaired) electrons. The lowest BCUT2D eigenvalue weighted by molar-refractivity contribution is -0.114. The Labute approximate surface area is 275 Å². The van der Waals surface area contributed by atoms with Crippen LogP contribution < -0.4 is 20.9 Å². The summed E-state index contributed by atoms with van der Waals surface area (Å²) in [5.74, 6) is 0.293. The van der Waals surface area contributed by atoms with Gasteiger partial charge in [0, 0.05) is 55.9 Å². The van der Waals surface area contributed by atoms with Crippen LogP contribution >= 0.6 is 11.6 Å². The molecule has 4 aromatic rings. The van der Waals surface area contributed by atoms with E-state index in [1.165, 1.54) is 12.3 Å². The van der Waals surface area contributed by atoms with Gasteiger partial charge in [0.25, 0.3) is 5.91 Å². The number of para-hydroxylation sites is 1. The van der Waals surface area contributed by atoms with Gasteiger partial charge >= 0.3 is 0 Å². The average Bonchev–Trinajstić information content (AvgIpc) is 3.04. The minimum absolute atomic E-state index is 0.113. The number of benzene rings is 3. The van der Waals surface area contributed by atoms with Crippen molar-refractivity contribution >= 4 is 57.8 Å². The van der Waals surface area contributed by atoms with Crippen LogP contribution in [0.2, 0.25) is 5.02 Å². The van der Waals surface area contributed by atoms with E-state index in [2.05, 4.69) is 70.3 Å². The summed E-state index contributed by atoms with van der Waals surface area (Å²) in [6.45, 7) is 13.7. The molecule has 1 amide bonds. The number of carbonyl (C=O) groups excluding carboxylic acids is 2. The van der Waals surface area contributed by atoms with Gasteiger partial charge in [-0.15, -0.1) is 0 Å². The van der Waals surface area contributed by atoms with Gasteiger partial charge in [-0.25, -0.2) is 4.98 Å². The van der Waals surface area contributed by atoms with Gasteiger partial charge in [0.15, 0.2) is 5.78 Å². The van der Waals surface area contributed by atoms with E-state index in [1.807, 2.05) is 49.4 Å². The summed E-state index contributed by atoms with van der Waals surface area (Å²) in [5.41, 5.74) is 6.03. The van der Waals surface area contributed by atoms with Crippen molar-refractivity contribution in [1.29, 1.82) is 0 Å². The predicted octanol–water partition coefficient (Wildman–Crippen LogP) is 7.35. The largest absolute Gasteiger partial charge is 0.369 e. The number of allylic oxidation sites excluding steroid dienone is 1. The zero-order valence-electron chi connectivity index (χ0n) is 26.7. The van der Waals surface area contributed by atoms with Crippen molar-refractivity contribution in [3.63, 3.8) is 0 Å². The van der Waals surface area contributed by atoms with Crippen LogP contribution in [0, 0.1) is 6.92 Å². The molecule has 9 nitrogen and oxygen atoms in total. The first-order chi connectivity index (χ1) is 22.1. The molecule has 0 unspecified atom stereocenters. The molecule has 0 bridgehead atoms. The van der Waals surface area contributed by atoms with Gasteiger partial charge in [0.1, 0.15) is 11.4 Å². The Bertz CT molecular complexity index is 1710. The molecule has 0 spiro atoms. The van der Waals surface area contributed by atoms with Crippen molar-refractivity contribution in [2.45, 2.75) is 33.1 Å². The van der Waals surface area contributed by atoms with Crippen LogP contribution in [0.3, 0.4) is 0 Å². The van der Waals surface area contributed by atoms with Crippen LogP contribution in [-0.2, 0) is 11.2 Å². The number of likely N-dealkylation sites (N-methyl/N-ethyl adjacent to an activating group) is 1. The highest BCUT2D eigenvalue weighted by molar-refractivity contribution is 6.34. The minimum Gasteiger partial charge on any atom is -0.369 e. The molecule has 1 aliphatic rings. The maximum Gasteiger partial charge on any atom is 0.261 e. The summed E-state index contributed by atoms with van der Waals surface area (Å²) >= 11 is 6.43. The number of halogens is 1. The van der Waals surface area contributed by atoms with E-state index in [0.717, 1.165) is 54.2 Å². The van der Waals surface area contributed by atoms with Crippen molar-refractivity contribution in [3.05, 3.63) is 107 Å². The number of nitrogens with one attached hydrogen (secondary N) is 3. The van der Waals surface area contributed by atoms with Crippen molar-refractivity contribution in [3.8, 4) is 0 Å². The van der Waals surface area contributed by atoms with Crippen LogP contribution in [0.4, 0.5) is 34.5 Å². The Morgan fingerprint density at radius 2 is 1.76 bits per heavy atom. The fourth-order valence-electron chi connectivity index (χ4n) is 5.24. The Kier molecular flexibility index (Phi) is 10.3. The highest BCUT2D eigenvalue weighted by Gasteiger charge is 2.20. The summed E-state index contributed by atoms with van der Waals surface area (Å²) in [5, 5.41) is 10.00. The van der Waals surface area contributed by atoms with Crippen molar-refractivity contribution in [1.82, 2.24) is 14.9 Å². The number of aromatic nitrogens is 2. The number of anilines is 6. The molecule has 1 saturated heterocycles. The zero-order valence-corrected chi connectivity index (χ0v) is 27.5. The molecule has 0 aliphatic carbocycles. The highest BCUT2D eigenvalue weighted by atomic mass is 35.5. The maximum atomic E-state index is 13.7. The monoisotopic (exact) mass is 637 g/mol. The molecule has 10 heteroatoms. The van der Waals surface area contributed by atoms with E-state index in [1.54, 1.807) is 6.07 Å². The third-order valence-corrected chi connectivity index (χ3v) is 8.45. The topological polar surface area (TPSA) is 102 Å². The number of aryl methyl sites for hydroxylation is 1. The SMILES string of the molecule is C=CC(=O)Cc1ccc(C(C)C)cc1Nc1nc(Nc2ccc(N3CCN(C)CC3)cc2)ncc1C(=O)Nc1c(C)cccc1Cl. The summed E-state index contributed by atoms with van der Waals surface area (Å²) < 4.78 is 0. The Balaban J connectivity index is 1.48. The zero-order chi connectivity index (χ0) is 32.8. The molecule has 0 saturated carbocycles. The van der Waals surface area contributed by atoms with Gasteiger partial charge in [0.2, 0.25) is 5.95 Å². The Morgan fingerprint density at radius 3 is 2.43 bits per heavy atom. The molecule has 3 aromatic carbocycles. The van der Waals surface area contributed by atoms with Gasteiger partial charge < -0.3 is 25.8 Å². The van der Waals surface area contributed by atoms with Crippen LogP contribution in [0.15, 0.2) is 79.5 Å². The van der Waals surface area contributed by atoms with Crippen molar-refractivity contribution < 1.29 is 9.59 Å². The van der Waals surface area contributed by atoms with E-state index >= 15 is 0 Å². The smallest absolute Gasteiger partial charge is 0.261 e. The fraction of sp³-hybridized carbons (Fsp3) is 0.278. The quantitative estimate of drug-likeness (QED) is 0.147. The third-order valence-electron chi connectivity index (χ3n) is 8.13. The van der Waals surface area contributed by atoms with Crippen molar-refractivity contribution in [2.24, 2.45) is 0 Å². The summed E-state index contributed by atoms with van der Waals surface area (Å²) in [6, 6.07) is 19.5. The second-order valence-electron chi connectivity index (χ2n) is 11.8. The number of hydrogen-bond donors (Lipinski definition) is 3. The normalized spacial score (nSPS) is 13.4. The maximum absolute atomic E-state index is 13.7. The Morgan fingerprint density at radius 1 is 1.02 bits per heavy atom. The van der Waals surface area contributed by atoms with E-state index < -0.39 is 5.91 Å². The molecule has 0 atom stereocenters. The lowest BCUT2D eigenvalue weighted by Crippen LogP contribution is -2.44. The lowest BCUT2D eigenvalue weighted by atomic mass is 9.98. The second-order valence-corrected chi connectivity index (χ2v) is 12.3. The summed E-state index contributed by atoms with van der Waals surface area (Å²) in [6.07, 6.45) is 2.95. The number of piperazine rings is 1. The van der Waals surface area contributed by atoms with Gasteiger partial charge in [0.05, 0.1) is 10.7 Å². The first-order valence-electron chi connectivity index (χ1n) is 15.4. The van der Waals surface area contributed by atoms with Gasteiger partial charge in [-0.3, -0.25) is 9.59 Å². The van der Waals surface area contributed by atoms with Gasteiger partial charge in [-0.1, -0.05) is 56.3 Å². The van der Waals surface area contributed by atoms with Crippen LogP contribution in [0.5, 0.6) is 0 Å². The molecule has 3 N–H and O–H groups in total. The second kappa shape index (κ2) is 14.6. The molecule has 238 valence electrons.